The molecule has 0 spiro atoms. The fourth-order valence-electron chi connectivity index (χ4n) is 2.21. The summed E-state index contributed by atoms with van der Waals surface area (Å²) in [5.74, 6) is 1.46. The Morgan fingerprint density at radius 1 is 1.44 bits per heavy atom. The summed E-state index contributed by atoms with van der Waals surface area (Å²) in [6, 6.07) is 4.03. The van der Waals surface area contributed by atoms with Gasteiger partial charge in [-0.15, -0.1) is 0 Å². The fraction of sp³-hybridized carbons (Fsp3) is 0.538. The summed E-state index contributed by atoms with van der Waals surface area (Å²) in [6.07, 6.45) is 4.68. The minimum absolute atomic E-state index is 0.681. The Bertz CT molecular complexity index is 408. The van der Waals surface area contributed by atoms with Crippen LogP contribution < -0.4 is 4.90 Å². The van der Waals surface area contributed by atoms with Gasteiger partial charge in [-0.2, -0.15) is 5.26 Å². The number of piperidine rings is 1. The Morgan fingerprint density at radius 2 is 2.25 bits per heavy atom. The third-order valence-electron chi connectivity index (χ3n) is 3.60. The van der Waals surface area contributed by atoms with Gasteiger partial charge in [-0.05, 0) is 24.3 Å². The summed E-state index contributed by atoms with van der Waals surface area (Å²) in [5.41, 5.74) is 1.72. The van der Waals surface area contributed by atoms with Crippen molar-refractivity contribution in [2.24, 2.45) is 11.8 Å². The number of aromatic nitrogens is 1. The van der Waals surface area contributed by atoms with Gasteiger partial charge in [0, 0.05) is 19.3 Å². The Balaban J connectivity index is 2.22. The zero-order valence-electron chi connectivity index (χ0n) is 9.85. The van der Waals surface area contributed by atoms with Crippen LogP contribution in [-0.2, 0) is 0 Å². The quantitative estimate of drug-likeness (QED) is 0.722. The first-order valence-corrected chi connectivity index (χ1v) is 5.81. The summed E-state index contributed by atoms with van der Waals surface area (Å²) in [6.45, 7) is 6.64. The Morgan fingerprint density at radius 3 is 2.94 bits per heavy atom. The molecule has 1 saturated heterocycles. The van der Waals surface area contributed by atoms with Gasteiger partial charge in [0.25, 0.3) is 0 Å². The van der Waals surface area contributed by atoms with Gasteiger partial charge in [-0.25, -0.2) is 0 Å². The van der Waals surface area contributed by atoms with E-state index in [2.05, 4.69) is 29.8 Å². The molecule has 1 aliphatic rings. The van der Waals surface area contributed by atoms with Crippen LogP contribution in [0.5, 0.6) is 0 Å². The second-order valence-corrected chi connectivity index (χ2v) is 4.69. The molecule has 2 rings (SSSR count). The average Bonchev–Trinajstić information content (AvgIpc) is 2.32. The van der Waals surface area contributed by atoms with Crippen LogP contribution in [0, 0.1) is 23.2 Å². The van der Waals surface area contributed by atoms with E-state index in [9.17, 15) is 0 Å². The van der Waals surface area contributed by atoms with Crippen molar-refractivity contribution >= 4 is 5.69 Å². The van der Waals surface area contributed by atoms with Crippen molar-refractivity contribution in [1.29, 1.82) is 5.26 Å². The predicted octanol–water partition coefficient (Wildman–Crippen LogP) is 2.44. The molecule has 3 heteroatoms. The third-order valence-corrected chi connectivity index (χ3v) is 3.60. The van der Waals surface area contributed by atoms with Crippen LogP contribution in [0.3, 0.4) is 0 Å². The van der Waals surface area contributed by atoms with Crippen LogP contribution in [0.25, 0.3) is 0 Å². The molecule has 3 nitrogen and oxygen atoms in total. The lowest BCUT2D eigenvalue weighted by Gasteiger charge is -2.36. The highest BCUT2D eigenvalue weighted by Gasteiger charge is 2.24. The molecule has 1 aliphatic heterocycles. The van der Waals surface area contributed by atoms with Crippen LogP contribution in [0.1, 0.15) is 25.8 Å². The molecule has 0 bridgehead atoms. The van der Waals surface area contributed by atoms with Gasteiger partial charge in [0.15, 0.2) is 0 Å². The predicted molar refractivity (Wildman–Crippen MR) is 64.1 cm³/mol. The number of hydrogen-bond donors (Lipinski definition) is 0. The molecule has 0 N–H and O–H groups in total. The highest BCUT2D eigenvalue weighted by Crippen LogP contribution is 2.28. The van der Waals surface area contributed by atoms with Crippen LogP contribution >= 0.6 is 0 Å². The smallest absolute Gasteiger partial charge is 0.101 e. The maximum absolute atomic E-state index is 9.06. The first-order valence-electron chi connectivity index (χ1n) is 5.81. The van der Waals surface area contributed by atoms with E-state index in [-0.39, 0.29) is 0 Å². The minimum atomic E-state index is 0.681. The molecule has 2 heterocycles. The van der Waals surface area contributed by atoms with Crippen molar-refractivity contribution in [1.82, 2.24) is 4.98 Å². The molecule has 0 aromatic carbocycles. The molecule has 1 aromatic rings. The molecular weight excluding hydrogens is 198 g/mol. The van der Waals surface area contributed by atoms with Crippen molar-refractivity contribution in [3.8, 4) is 6.07 Å². The topological polar surface area (TPSA) is 39.9 Å². The molecular formula is C13H17N3. The number of nitriles is 1. The van der Waals surface area contributed by atoms with Crippen LogP contribution in [0.4, 0.5) is 5.69 Å². The van der Waals surface area contributed by atoms with Crippen LogP contribution in [-0.4, -0.2) is 18.1 Å². The summed E-state index contributed by atoms with van der Waals surface area (Å²) in [5, 5.41) is 9.06. The zero-order chi connectivity index (χ0) is 11.5. The van der Waals surface area contributed by atoms with E-state index >= 15 is 0 Å². The molecule has 1 fully saturated rings. The summed E-state index contributed by atoms with van der Waals surface area (Å²) < 4.78 is 0. The van der Waals surface area contributed by atoms with E-state index in [1.54, 1.807) is 18.5 Å². The average molecular weight is 215 g/mol. The lowest BCUT2D eigenvalue weighted by atomic mass is 9.88. The van der Waals surface area contributed by atoms with Crippen molar-refractivity contribution in [3.05, 3.63) is 24.0 Å². The normalized spacial score (nSPS) is 25.2. The molecule has 0 amide bonds. The molecule has 0 aliphatic carbocycles. The Hall–Kier alpha value is -1.56. The van der Waals surface area contributed by atoms with Crippen molar-refractivity contribution in [2.45, 2.75) is 20.3 Å². The van der Waals surface area contributed by atoms with Gasteiger partial charge < -0.3 is 4.90 Å². The molecule has 0 radical (unpaired) electrons. The fourth-order valence-corrected chi connectivity index (χ4v) is 2.21. The first kappa shape index (κ1) is 10.9. The Labute approximate surface area is 96.7 Å². The first-order chi connectivity index (χ1) is 7.72. The SMILES string of the molecule is CC1CCN(c2cnccc2C#N)CC1C. The standard InChI is InChI=1S/C13H17N3/c1-10-4-6-16(9-11(10)2)13-8-15-5-3-12(13)7-14/h3,5,8,10-11H,4,6,9H2,1-2H3. The second-order valence-electron chi connectivity index (χ2n) is 4.69. The summed E-state index contributed by atoms with van der Waals surface area (Å²) >= 11 is 0. The summed E-state index contributed by atoms with van der Waals surface area (Å²) in [4.78, 5) is 6.41. The van der Waals surface area contributed by atoms with E-state index < -0.39 is 0 Å². The highest BCUT2D eigenvalue weighted by molar-refractivity contribution is 5.57. The minimum Gasteiger partial charge on any atom is -0.369 e. The van der Waals surface area contributed by atoms with Gasteiger partial charge in [-0.1, -0.05) is 13.8 Å². The largest absolute Gasteiger partial charge is 0.369 e. The van der Waals surface area contributed by atoms with Gasteiger partial charge in [0.05, 0.1) is 17.4 Å². The molecule has 0 saturated carbocycles. The van der Waals surface area contributed by atoms with E-state index in [0.717, 1.165) is 30.3 Å². The number of pyridine rings is 1. The lowest BCUT2D eigenvalue weighted by molar-refractivity contribution is 0.324. The van der Waals surface area contributed by atoms with E-state index in [1.807, 2.05) is 0 Å². The van der Waals surface area contributed by atoms with Crippen molar-refractivity contribution in [2.75, 3.05) is 18.0 Å². The van der Waals surface area contributed by atoms with Gasteiger partial charge in [0.1, 0.15) is 6.07 Å². The van der Waals surface area contributed by atoms with Gasteiger partial charge >= 0.3 is 0 Å². The number of rotatable bonds is 1. The van der Waals surface area contributed by atoms with E-state index in [1.165, 1.54) is 6.42 Å². The van der Waals surface area contributed by atoms with Gasteiger partial charge in [0.2, 0.25) is 0 Å². The van der Waals surface area contributed by atoms with Gasteiger partial charge in [-0.3, -0.25) is 4.98 Å². The monoisotopic (exact) mass is 215 g/mol. The lowest BCUT2D eigenvalue weighted by Crippen LogP contribution is -2.38. The van der Waals surface area contributed by atoms with Crippen LogP contribution in [0.15, 0.2) is 18.5 Å². The maximum atomic E-state index is 9.06. The van der Waals surface area contributed by atoms with Crippen LogP contribution in [0.2, 0.25) is 0 Å². The molecule has 1 aromatic heterocycles. The van der Waals surface area contributed by atoms with E-state index in [0.29, 0.717) is 5.92 Å². The van der Waals surface area contributed by atoms with E-state index in [4.69, 9.17) is 5.26 Å². The second kappa shape index (κ2) is 4.52. The number of anilines is 1. The third kappa shape index (κ3) is 2.01. The van der Waals surface area contributed by atoms with Crippen molar-refractivity contribution in [3.63, 3.8) is 0 Å². The number of hydrogen-bond acceptors (Lipinski definition) is 3. The highest BCUT2D eigenvalue weighted by atomic mass is 15.1. The number of nitrogens with zero attached hydrogens (tertiary/aromatic N) is 3. The zero-order valence-corrected chi connectivity index (χ0v) is 9.85. The molecule has 2 atom stereocenters. The molecule has 16 heavy (non-hydrogen) atoms. The van der Waals surface area contributed by atoms with Crippen molar-refractivity contribution < 1.29 is 0 Å². The maximum Gasteiger partial charge on any atom is 0.101 e. The molecule has 84 valence electrons. The molecule has 2 unspecified atom stereocenters. The summed E-state index contributed by atoms with van der Waals surface area (Å²) in [7, 11) is 0. The Kier molecular flexibility index (Phi) is 3.09.